The molecule has 3 aromatic carbocycles. The monoisotopic (exact) mass is 539 g/mol. The van der Waals surface area contributed by atoms with Crippen LogP contribution in [-0.2, 0) is 16.0 Å². The molecule has 200 valence electrons. The van der Waals surface area contributed by atoms with E-state index in [1.807, 2.05) is 38.1 Å². The van der Waals surface area contributed by atoms with Crippen LogP contribution in [0.25, 0.3) is 0 Å². The van der Waals surface area contributed by atoms with Gasteiger partial charge in [-0.2, -0.15) is 0 Å². The van der Waals surface area contributed by atoms with Crippen LogP contribution in [0.15, 0.2) is 60.7 Å². The molecule has 2 atom stereocenters. The number of amides is 1. The van der Waals surface area contributed by atoms with Crippen molar-refractivity contribution in [3.63, 3.8) is 0 Å². The van der Waals surface area contributed by atoms with Crippen LogP contribution in [0.5, 0.6) is 23.0 Å². The third kappa shape index (κ3) is 6.76. The van der Waals surface area contributed by atoms with Gasteiger partial charge in [0.2, 0.25) is 0 Å². The van der Waals surface area contributed by atoms with Crippen LogP contribution >= 0.6 is 11.6 Å². The summed E-state index contributed by atoms with van der Waals surface area (Å²) in [6.45, 7) is 5.16. The van der Waals surface area contributed by atoms with Crippen molar-refractivity contribution in [2.24, 2.45) is 0 Å². The Labute approximate surface area is 226 Å². The highest BCUT2D eigenvalue weighted by Gasteiger charge is 2.29. The van der Waals surface area contributed by atoms with Gasteiger partial charge in [-0.25, -0.2) is 0 Å². The summed E-state index contributed by atoms with van der Waals surface area (Å²) in [7, 11) is 0. The lowest BCUT2D eigenvalue weighted by Crippen LogP contribution is -2.38. The number of ether oxygens (including phenoxy) is 4. The molecule has 38 heavy (non-hydrogen) atoms. The third-order valence-electron chi connectivity index (χ3n) is 6.06. The molecule has 0 aromatic heterocycles. The number of carboxylic acids is 1. The van der Waals surface area contributed by atoms with Gasteiger partial charge in [-0.3, -0.25) is 9.59 Å². The molecular weight excluding hydrogens is 510 g/mol. The Kier molecular flexibility index (Phi) is 9.10. The maximum atomic E-state index is 12.9. The number of halogens is 1. The fourth-order valence-electron chi connectivity index (χ4n) is 4.21. The van der Waals surface area contributed by atoms with Crippen molar-refractivity contribution in [2.45, 2.75) is 38.8 Å². The smallest absolute Gasteiger partial charge is 0.311 e. The van der Waals surface area contributed by atoms with E-state index in [1.165, 1.54) is 0 Å². The summed E-state index contributed by atoms with van der Waals surface area (Å²) in [6.07, 6.45) is 0.395. The molecule has 3 aromatic rings. The molecule has 1 amide bonds. The average molecular weight is 540 g/mol. The van der Waals surface area contributed by atoms with Gasteiger partial charge >= 0.3 is 5.97 Å². The summed E-state index contributed by atoms with van der Waals surface area (Å²) in [5.41, 5.74) is 1.98. The first-order valence-corrected chi connectivity index (χ1v) is 12.9. The Bertz CT molecular complexity index is 1260. The maximum Gasteiger partial charge on any atom is 0.311 e. The number of nitrogens with one attached hydrogen (secondary N) is 1. The molecule has 4 rings (SSSR count). The molecule has 1 heterocycles. The SMILES string of the molecule is CCOc1ccc(CC(NC(=O)c2ccc(Oc3cc4c(cc3Cl)C(C(=O)O)CCO4)cc2)OCC)cc1. The molecule has 0 bridgehead atoms. The number of aliphatic carboxylic acids is 1. The summed E-state index contributed by atoms with van der Waals surface area (Å²) in [5, 5.41) is 12.7. The molecule has 0 fully saturated rings. The second-order valence-electron chi connectivity index (χ2n) is 8.67. The average Bonchev–Trinajstić information content (AvgIpc) is 2.90. The highest BCUT2D eigenvalue weighted by molar-refractivity contribution is 6.32. The lowest BCUT2D eigenvalue weighted by molar-refractivity contribution is -0.139. The van der Waals surface area contributed by atoms with E-state index in [1.54, 1.807) is 36.4 Å². The molecule has 1 aliphatic heterocycles. The van der Waals surface area contributed by atoms with Crippen molar-refractivity contribution in [1.29, 1.82) is 0 Å². The zero-order valence-electron chi connectivity index (χ0n) is 21.2. The van der Waals surface area contributed by atoms with Gasteiger partial charge in [-0.15, -0.1) is 0 Å². The summed E-state index contributed by atoms with van der Waals surface area (Å²) in [4.78, 5) is 24.4. The zero-order valence-corrected chi connectivity index (χ0v) is 22.0. The van der Waals surface area contributed by atoms with E-state index < -0.39 is 18.1 Å². The van der Waals surface area contributed by atoms with Gasteiger partial charge < -0.3 is 29.4 Å². The minimum absolute atomic E-state index is 0.274. The topological polar surface area (TPSA) is 103 Å². The molecule has 8 nitrogen and oxygen atoms in total. The van der Waals surface area contributed by atoms with E-state index in [4.69, 9.17) is 30.5 Å². The molecule has 0 aliphatic carbocycles. The lowest BCUT2D eigenvalue weighted by atomic mass is 9.93. The molecule has 9 heteroatoms. The number of hydrogen-bond acceptors (Lipinski definition) is 6. The Hall–Kier alpha value is -3.75. The van der Waals surface area contributed by atoms with Crippen LogP contribution < -0.4 is 19.5 Å². The van der Waals surface area contributed by atoms with Crippen molar-refractivity contribution in [2.75, 3.05) is 19.8 Å². The number of carbonyl (C=O) groups is 2. The number of carboxylic acid groups (broad SMARTS) is 1. The summed E-state index contributed by atoms with van der Waals surface area (Å²) in [6, 6.07) is 17.5. The van der Waals surface area contributed by atoms with Gasteiger partial charge in [0.25, 0.3) is 5.91 Å². The number of carbonyl (C=O) groups excluding carboxylic acids is 1. The summed E-state index contributed by atoms with van der Waals surface area (Å²) < 4.78 is 22.8. The van der Waals surface area contributed by atoms with E-state index in [0.29, 0.717) is 61.0 Å². The van der Waals surface area contributed by atoms with Crippen molar-refractivity contribution < 1.29 is 33.6 Å². The normalized spacial score (nSPS) is 15.1. The molecule has 2 unspecified atom stereocenters. The third-order valence-corrected chi connectivity index (χ3v) is 6.36. The second-order valence-corrected chi connectivity index (χ2v) is 9.08. The Balaban J connectivity index is 1.40. The van der Waals surface area contributed by atoms with Crippen molar-refractivity contribution in [3.8, 4) is 23.0 Å². The molecule has 0 saturated heterocycles. The molecule has 0 spiro atoms. The second kappa shape index (κ2) is 12.7. The number of hydrogen-bond donors (Lipinski definition) is 2. The van der Waals surface area contributed by atoms with Crippen LogP contribution in [-0.4, -0.2) is 43.0 Å². The summed E-state index contributed by atoms with van der Waals surface area (Å²) in [5.74, 6) is 0.168. The van der Waals surface area contributed by atoms with Crippen LogP contribution in [0.4, 0.5) is 0 Å². The van der Waals surface area contributed by atoms with Gasteiger partial charge in [-0.05, 0) is 68.3 Å². The van der Waals surface area contributed by atoms with E-state index in [0.717, 1.165) is 11.3 Å². The fraction of sp³-hybridized carbons (Fsp3) is 0.310. The minimum atomic E-state index is -0.917. The van der Waals surface area contributed by atoms with Crippen molar-refractivity contribution in [1.82, 2.24) is 5.32 Å². The zero-order chi connectivity index (χ0) is 27.1. The van der Waals surface area contributed by atoms with Crippen LogP contribution in [0.3, 0.4) is 0 Å². The highest BCUT2D eigenvalue weighted by Crippen LogP contribution is 2.41. The first-order valence-electron chi connectivity index (χ1n) is 12.5. The fourth-order valence-corrected chi connectivity index (χ4v) is 4.42. The van der Waals surface area contributed by atoms with Crippen LogP contribution in [0.1, 0.15) is 47.7 Å². The van der Waals surface area contributed by atoms with Gasteiger partial charge in [0.15, 0.2) is 0 Å². The number of benzene rings is 3. The lowest BCUT2D eigenvalue weighted by Gasteiger charge is -2.24. The predicted octanol–water partition coefficient (Wildman–Crippen LogP) is 5.82. The molecular formula is C29H30ClNO7. The van der Waals surface area contributed by atoms with Crippen molar-refractivity contribution >= 4 is 23.5 Å². The first kappa shape index (κ1) is 27.3. The minimum Gasteiger partial charge on any atom is -0.494 e. The molecule has 1 aliphatic rings. The van der Waals surface area contributed by atoms with Gasteiger partial charge in [0, 0.05) is 30.2 Å². The standard InChI is InChI=1S/C29H30ClNO7/c1-3-35-20-9-5-18(6-10-20)15-27(36-4-2)31-28(32)19-7-11-21(12-8-19)38-26-17-25-23(16-24(26)30)22(29(33)34)13-14-37-25/h5-12,16-17,22,27H,3-4,13-15H2,1-2H3,(H,31,32)(H,33,34). The Morgan fingerprint density at radius 1 is 1.05 bits per heavy atom. The van der Waals surface area contributed by atoms with E-state index in [2.05, 4.69) is 5.32 Å². The van der Waals surface area contributed by atoms with Gasteiger partial charge in [-0.1, -0.05) is 23.7 Å². The Morgan fingerprint density at radius 2 is 1.76 bits per heavy atom. The number of fused-ring (bicyclic) bond motifs is 1. The first-order chi connectivity index (χ1) is 18.4. The van der Waals surface area contributed by atoms with Crippen LogP contribution in [0, 0.1) is 0 Å². The molecule has 2 N–H and O–H groups in total. The van der Waals surface area contributed by atoms with Crippen molar-refractivity contribution in [3.05, 3.63) is 82.4 Å². The number of rotatable bonds is 11. The van der Waals surface area contributed by atoms with Gasteiger partial charge in [0.05, 0.1) is 24.2 Å². The van der Waals surface area contributed by atoms with E-state index >= 15 is 0 Å². The molecule has 0 radical (unpaired) electrons. The van der Waals surface area contributed by atoms with Crippen LogP contribution in [0.2, 0.25) is 5.02 Å². The predicted molar refractivity (Wildman–Crippen MR) is 143 cm³/mol. The van der Waals surface area contributed by atoms with E-state index in [-0.39, 0.29) is 10.9 Å². The largest absolute Gasteiger partial charge is 0.494 e. The quantitative estimate of drug-likeness (QED) is 0.296. The Morgan fingerprint density at radius 3 is 2.42 bits per heavy atom. The van der Waals surface area contributed by atoms with E-state index in [9.17, 15) is 14.7 Å². The maximum absolute atomic E-state index is 12.9. The van der Waals surface area contributed by atoms with Gasteiger partial charge in [0.1, 0.15) is 29.2 Å². The molecule has 0 saturated carbocycles. The highest BCUT2D eigenvalue weighted by atomic mass is 35.5. The summed E-state index contributed by atoms with van der Waals surface area (Å²) >= 11 is 6.38.